The van der Waals surface area contributed by atoms with Gasteiger partial charge in [-0.1, -0.05) is 30.7 Å². The van der Waals surface area contributed by atoms with Crippen molar-refractivity contribution in [2.75, 3.05) is 11.5 Å². The van der Waals surface area contributed by atoms with Gasteiger partial charge in [0, 0.05) is 10.8 Å². The van der Waals surface area contributed by atoms with Crippen molar-refractivity contribution in [1.82, 2.24) is 0 Å². The van der Waals surface area contributed by atoms with Crippen molar-refractivity contribution in [2.24, 2.45) is 0 Å². The molecular formula is C11H15ClOS. The fraction of sp³-hybridized carbons (Fsp3) is 0.455. The molecule has 0 aliphatic carbocycles. The van der Waals surface area contributed by atoms with E-state index >= 15 is 0 Å². The molecule has 0 bridgehead atoms. The maximum atomic E-state index is 9.65. The van der Waals surface area contributed by atoms with Crippen molar-refractivity contribution in [1.29, 1.82) is 0 Å². The highest BCUT2D eigenvalue weighted by atomic mass is 35.5. The smallest absolute Gasteiger partial charge is 0.0670 e. The molecule has 0 aliphatic rings. The predicted octanol–water partition coefficient (Wildman–Crippen LogP) is 3.00. The highest BCUT2D eigenvalue weighted by Gasteiger charge is 2.04. The lowest BCUT2D eigenvalue weighted by atomic mass is 10.1. The standard InChI is InChI=1S/C11H15ClOS/c1-2-14-8-11(13)7-9-3-5-10(12)6-4-9/h3-6,11,13H,2,7-8H2,1H3. The molecule has 1 nitrogen and oxygen atoms in total. The van der Waals surface area contributed by atoms with Crippen LogP contribution in [0, 0.1) is 0 Å². The van der Waals surface area contributed by atoms with Crippen LogP contribution in [0.25, 0.3) is 0 Å². The zero-order valence-electron chi connectivity index (χ0n) is 8.24. The van der Waals surface area contributed by atoms with E-state index in [0.29, 0.717) is 6.42 Å². The van der Waals surface area contributed by atoms with Gasteiger partial charge in [0.2, 0.25) is 0 Å². The van der Waals surface area contributed by atoms with Crippen LogP contribution in [0.2, 0.25) is 5.02 Å². The van der Waals surface area contributed by atoms with Gasteiger partial charge in [0.25, 0.3) is 0 Å². The normalized spacial score (nSPS) is 12.8. The van der Waals surface area contributed by atoms with E-state index in [9.17, 15) is 5.11 Å². The second-order valence-corrected chi connectivity index (χ2v) is 4.90. The van der Waals surface area contributed by atoms with Gasteiger partial charge in [0.05, 0.1) is 6.10 Å². The number of benzene rings is 1. The largest absolute Gasteiger partial charge is 0.392 e. The van der Waals surface area contributed by atoms with Crippen molar-refractivity contribution >= 4 is 23.4 Å². The van der Waals surface area contributed by atoms with Crippen LogP contribution in [0.4, 0.5) is 0 Å². The first kappa shape index (κ1) is 11.9. The molecule has 1 aromatic rings. The highest BCUT2D eigenvalue weighted by Crippen LogP contribution is 2.12. The average Bonchev–Trinajstić information content (AvgIpc) is 2.18. The Morgan fingerprint density at radius 1 is 1.36 bits per heavy atom. The van der Waals surface area contributed by atoms with Crippen LogP contribution in [0.15, 0.2) is 24.3 Å². The van der Waals surface area contributed by atoms with Gasteiger partial charge in [0.1, 0.15) is 0 Å². The van der Waals surface area contributed by atoms with Crippen LogP contribution in [-0.4, -0.2) is 22.7 Å². The van der Waals surface area contributed by atoms with Crippen molar-refractivity contribution in [3.63, 3.8) is 0 Å². The molecule has 1 rings (SSSR count). The third kappa shape index (κ3) is 4.36. The lowest BCUT2D eigenvalue weighted by molar-refractivity contribution is 0.200. The number of hydrogen-bond acceptors (Lipinski definition) is 2. The van der Waals surface area contributed by atoms with Crippen LogP contribution in [-0.2, 0) is 6.42 Å². The van der Waals surface area contributed by atoms with E-state index in [1.165, 1.54) is 0 Å². The van der Waals surface area contributed by atoms with Crippen molar-refractivity contribution < 1.29 is 5.11 Å². The fourth-order valence-electron chi connectivity index (χ4n) is 1.21. The molecule has 1 unspecified atom stereocenters. The Morgan fingerprint density at radius 3 is 2.57 bits per heavy atom. The Labute approximate surface area is 94.5 Å². The number of thioether (sulfide) groups is 1. The number of hydrogen-bond donors (Lipinski definition) is 1. The second-order valence-electron chi connectivity index (χ2n) is 3.14. The summed E-state index contributed by atoms with van der Waals surface area (Å²) in [6.07, 6.45) is 0.464. The molecule has 0 aliphatic heterocycles. The maximum absolute atomic E-state index is 9.65. The van der Waals surface area contributed by atoms with Crippen LogP contribution < -0.4 is 0 Å². The molecule has 0 radical (unpaired) electrons. The molecule has 1 aromatic carbocycles. The van der Waals surface area contributed by atoms with Gasteiger partial charge >= 0.3 is 0 Å². The summed E-state index contributed by atoms with van der Waals surface area (Å²) < 4.78 is 0. The fourth-order valence-corrected chi connectivity index (χ4v) is 1.96. The summed E-state index contributed by atoms with van der Waals surface area (Å²) in [4.78, 5) is 0. The van der Waals surface area contributed by atoms with Gasteiger partial charge < -0.3 is 5.11 Å². The predicted molar refractivity (Wildman–Crippen MR) is 64.2 cm³/mol. The summed E-state index contributed by atoms with van der Waals surface area (Å²) in [7, 11) is 0. The Kier molecular flexibility index (Phi) is 5.38. The van der Waals surface area contributed by atoms with E-state index in [-0.39, 0.29) is 6.10 Å². The van der Waals surface area contributed by atoms with Gasteiger partial charge in [-0.25, -0.2) is 0 Å². The van der Waals surface area contributed by atoms with Gasteiger partial charge in [-0.2, -0.15) is 11.8 Å². The van der Waals surface area contributed by atoms with Gasteiger partial charge in [0.15, 0.2) is 0 Å². The maximum Gasteiger partial charge on any atom is 0.0670 e. The van der Waals surface area contributed by atoms with Crippen LogP contribution in [0.5, 0.6) is 0 Å². The van der Waals surface area contributed by atoms with E-state index in [2.05, 4.69) is 6.92 Å². The number of aliphatic hydroxyl groups excluding tert-OH is 1. The monoisotopic (exact) mass is 230 g/mol. The molecule has 0 saturated heterocycles. The molecule has 1 N–H and O–H groups in total. The van der Waals surface area contributed by atoms with Gasteiger partial charge in [-0.05, 0) is 29.9 Å². The van der Waals surface area contributed by atoms with Crippen molar-refractivity contribution in [3.05, 3.63) is 34.9 Å². The number of rotatable bonds is 5. The molecule has 1 atom stereocenters. The third-order valence-electron chi connectivity index (χ3n) is 1.90. The van der Waals surface area contributed by atoms with Crippen molar-refractivity contribution in [2.45, 2.75) is 19.4 Å². The SMILES string of the molecule is CCSCC(O)Cc1ccc(Cl)cc1. The first-order valence-corrected chi connectivity index (χ1v) is 6.26. The first-order valence-electron chi connectivity index (χ1n) is 4.72. The van der Waals surface area contributed by atoms with E-state index < -0.39 is 0 Å². The number of aliphatic hydroxyl groups is 1. The van der Waals surface area contributed by atoms with E-state index in [4.69, 9.17) is 11.6 Å². The molecule has 0 spiro atoms. The lowest BCUT2D eigenvalue weighted by Gasteiger charge is -2.09. The van der Waals surface area contributed by atoms with Gasteiger partial charge in [-0.3, -0.25) is 0 Å². The third-order valence-corrected chi connectivity index (χ3v) is 3.18. The summed E-state index contributed by atoms with van der Waals surface area (Å²) in [5.41, 5.74) is 1.14. The second kappa shape index (κ2) is 6.33. The minimum Gasteiger partial charge on any atom is -0.392 e. The molecule has 0 aromatic heterocycles. The summed E-state index contributed by atoms with van der Waals surface area (Å²) >= 11 is 7.53. The molecule has 14 heavy (non-hydrogen) atoms. The summed E-state index contributed by atoms with van der Waals surface area (Å²) in [5, 5.41) is 10.4. The van der Waals surface area contributed by atoms with Crippen LogP contribution >= 0.6 is 23.4 Å². The Bertz CT molecular complexity index is 260. The average molecular weight is 231 g/mol. The van der Waals surface area contributed by atoms with Crippen molar-refractivity contribution in [3.8, 4) is 0 Å². The highest BCUT2D eigenvalue weighted by molar-refractivity contribution is 7.99. The van der Waals surface area contributed by atoms with E-state index in [1.807, 2.05) is 24.3 Å². The first-order chi connectivity index (χ1) is 6.72. The summed E-state index contributed by atoms with van der Waals surface area (Å²) in [6, 6.07) is 7.64. The minimum atomic E-state index is -0.249. The van der Waals surface area contributed by atoms with E-state index in [0.717, 1.165) is 22.1 Å². The molecular weight excluding hydrogens is 216 g/mol. The van der Waals surface area contributed by atoms with Crippen LogP contribution in [0.1, 0.15) is 12.5 Å². The van der Waals surface area contributed by atoms with Crippen LogP contribution in [0.3, 0.4) is 0 Å². The Hall–Kier alpha value is -0.180. The Morgan fingerprint density at radius 2 is 2.00 bits per heavy atom. The van der Waals surface area contributed by atoms with E-state index in [1.54, 1.807) is 11.8 Å². The quantitative estimate of drug-likeness (QED) is 0.839. The zero-order valence-corrected chi connectivity index (χ0v) is 9.81. The molecule has 3 heteroatoms. The number of halogens is 1. The Balaban J connectivity index is 2.39. The molecule has 0 fully saturated rings. The molecule has 0 heterocycles. The summed E-state index contributed by atoms with van der Waals surface area (Å²) in [5.74, 6) is 1.86. The summed E-state index contributed by atoms with van der Waals surface area (Å²) in [6.45, 7) is 2.10. The molecule has 0 amide bonds. The van der Waals surface area contributed by atoms with Gasteiger partial charge in [-0.15, -0.1) is 0 Å². The minimum absolute atomic E-state index is 0.249. The molecule has 0 saturated carbocycles. The zero-order chi connectivity index (χ0) is 10.4. The lowest BCUT2D eigenvalue weighted by Crippen LogP contribution is -2.13. The molecule has 78 valence electrons. The topological polar surface area (TPSA) is 20.2 Å².